The lowest BCUT2D eigenvalue weighted by Crippen LogP contribution is -2.46. The zero-order valence-corrected chi connectivity index (χ0v) is 22.5. The number of amides is 2. The Hall–Kier alpha value is -3.45. The molecule has 1 heterocycles. The molecule has 3 atom stereocenters. The van der Waals surface area contributed by atoms with Gasteiger partial charge in [-0.15, -0.1) is 0 Å². The maximum atomic E-state index is 13.7. The molecule has 3 aromatic rings. The molecule has 0 radical (unpaired) electrons. The van der Waals surface area contributed by atoms with Gasteiger partial charge in [0.1, 0.15) is 0 Å². The van der Waals surface area contributed by atoms with Crippen molar-refractivity contribution < 1.29 is 14.7 Å². The van der Waals surface area contributed by atoms with Gasteiger partial charge in [-0.3, -0.25) is 10.1 Å². The van der Waals surface area contributed by atoms with Gasteiger partial charge in [-0.1, -0.05) is 85.0 Å². The van der Waals surface area contributed by atoms with Crippen LogP contribution in [0.15, 0.2) is 78.9 Å². The number of aliphatic carboxylic acids is 1. The number of benzene rings is 2. The second-order valence-corrected chi connectivity index (χ2v) is 11.5. The van der Waals surface area contributed by atoms with E-state index in [1.165, 1.54) is 16.9 Å². The average Bonchev–Trinajstić information content (AvgIpc) is 3.34. The predicted octanol–water partition coefficient (Wildman–Crippen LogP) is 7.33. The van der Waals surface area contributed by atoms with Crippen LogP contribution in [0, 0.1) is 17.8 Å². The van der Waals surface area contributed by atoms with Crippen LogP contribution in [0.3, 0.4) is 0 Å². The van der Waals surface area contributed by atoms with E-state index >= 15 is 0 Å². The lowest BCUT2D eigenvalue weighted by atomic mass is 9.75. The molecular formula is C31H35N3O3S. The normalized spacial score (nSPS) is 23.7. The van der Waals surface area contributed by atoms with Crippen LogP contribution in [0.1, 0.15) is 50.5 Å². The summed E-state index contributed by atoms with van der Waals surface area (Å²) in [6.07, 6.45) is 12.2. The van der Waals surface area contributed by atoms with Crippen molar-refractivity contribution in [2.75, 3.05) is 11.9 Å². The van der Waals surface area contributed by atoms with E-state index < -0.39 is 5.97 Å². The highest BCUT2D eigenvalue weighted by Gasteiger charge is 2.33. The molecular weight excluding hydrogens is 494 g/mol. The molecule has 2 N–H and O–H groups in total. The van der Waals surface area contributed by atoms with Gasteiger partial charge in [0.25, 0.3) is 0 Å². The Morgan fingerprint density at radius 3 is 2.45 bits per heavy atom. The third-order valence-electron chi connectivity index (χ3n) is 8.09. The minimum atomic E-state index is -0.732. The zero-order chi connectivity index (χ0) is 26.5. The van der Waals surface area contributed by atoms with Gasteiger partial charge in [-0.2, -0.15) is 0 Å². The molecule has 198 valence electrons. The number of hydrogen-bond acceptors (Lipinski definition) is 4. The highest BCUT2D eigenvalue weighted by atomic mass is 32.1. The number of carbonyl (C=O) groups is 2. The first-order valence-corrected chi connectivity index (χ1v) is 14.4. The van der Waals surface area contributed by atoms with E-state index in [2.05, 4.69) is 65.8 Å². The Balaban J connectivity index is 1.37. The summed E-state index contributed by atoms with van der Waals surface area (Å²) in [7, 11) is 0. The van der Waals surface area contributed by atoms with Crippen molar-refractivity contribution in [2.24, 2.45) is 17.8 Å². The van der Waals surface area contributed by atoms with E-state index in [4.69, 9.17) is 0 Å². The maximum absolute atomic E-state index is 13.7. The minimum absolute atomic E-state index is 0.00983. The molecule has 3 unspecified atom stereocenters. The molecule has 0 saturated heterocycles. The molecule has 2 aliphatic carbocycles. The lowest BCUT2D eigenvalue weighted by Gasteiger charge is -2.38. The molecule has 0 aliphatic heterocycles. The zero-order valence-electron chi connectivity index (χ0n) is 21.7. The maximum Gasteiger partial charge on any atom is 0.323 e. The fourth-order valence-electron chi connectivity index (χ4n) is 5.97. The Morgan fingerprint density at radius 1 is 1.03 bits per heavy atom. The average molecular weight is 530 g/mol. The van der Waals surface area contributed by atoms with Crippen molar-refractivity contribution >= 4 is 38.7 Å². The molecule has 7 heteroatoms. The highest BCUT2D eigenvalue weighted by Crippen LogP contribution is 2.38. The molecule has 5 rings (SSSR count). The molecule has 1 saturated carbocycles. The number of anilines is 1. The second kappa shape index (κ2) is 11.9. The summed E-state index contributed by atoms with van der Waals surface area (Å²) in [5, 5.41) is 13.2. The van der Waals surface area contributed by atoms with Crippen LogP contribution in [-0.4, -0.2) is 39.6 Å². The molecule has 6 nitrogen and oxygen atoms in total. The predicted molar refractivity (Wildman–Crippen MR) is 153 cm³/mol. The number of allylic oxidation sites excluding steroid dienone is 4. The van der Waals surface area contributed by atoms with Gasteiger partial charge in [0, 0.05) is 12.6 Å². The fraction of sp³-hybridized carbons (Fsp3) is 0.387. The summed E-state index contributed by atoms with van der Waals surface area (Å²) in [6.45, 7) is 2.85. The molecule has 38 heavy (non-hydrogen) atoms. The third kappa shape index (κ3) is 5.99. The first kappa shape index (κ1) is 26.2. The van der Waals surface area contributed by atoms with Crippen molar-refractivity contribution in [3.05, 3.63) is 84.5 Å². The smallest absolute Gasteiger partial charge is 0.323 e. The molecule has 1 fully saturated rings. The Labute approximate surface area is 228 Å². The number of hydrogen-bond donors (Lipinski definition) is 2. The van der Waals surface area contributed by atoms with Gasteiger partial charge >= 0.3 is 12.0 Å². The first-order chi connectivity index (χ1) is 18.5. The number of fused-ring (bicyclic) bond motifs is 1. The summed E-state index contributed by atoms with van der Waals surface area (Å²) in [5.41, 5.74) is 2.15. The van der Waals surface area contributed by atoms with E-state index in [0.29, 0.717) is 49.2 Å². The van der Waals surface area contributed by atoms with Gasteiger partial charge in [0.05, 0.1) is 16.1 Å². The van der Waals surface area contributed by atoms with Crippen LogP contribution in [0.4, 0.5) is 9.93 Å². The number of carbonyl (C=O) groups excluding carboxylic acids is 1. The summed E-state index contributed by atoms with van der Waals surface area (Å²) < 4.78 is 1.03. The number of thiazole rings is 1. The van der Waals surface area contributed by atoms with Crippen LogP contribution < -0.4 is 5.32 Å². The van der Waals surface area contributed by atoms with Crippen LogP contribution >= 0.6 is 11.3 Å². The SMILES string of the molecule is CC1C=CC=CC1C(CCN(C(=O)Nc1nc2ccccc2s1)C1CCC(C(=O)O)CC1)c1ccccc1. The number of carboxylic acid groups (broad SMARTS) is 1. The van der Waals surface area contributed by atoms with Gasteiger partial charge in [0.15, 0.2) is 5.13 Å². The van der Waals surface area contributed by atoms with Gasteiger partial charge in [-0.25, -0.2) is 9.78 Å². The molecule has 0 spiro atoms. The standard InChI is InChI=1S/C31H35N3O3S/c1-21-9-5-6-12-25(21)26(22-10-3-2-4-11-22)19-20-34(24-17-15-23(16-18-24)29(35)36)31(37)33-30-32-27-13-7-8-14-28(27)38-30/h2-14,21,23-26H,15-20H2,1H3,(H,35,36)(H,32,33,37). The molecule has 2 amide bonds. The van der Waals surface area contributed by atoms with Crippen LogP contribution in [0.5, 0.6) is 0 Å². The van der Waals surface area contributed by atoms with E-state index in [0.717, 1.165) is 16.6 Å². The Kier molecular flexibility index (Phi) is 8.23. The minimum Gasteiger partial charge on any atom is -0.481 e. The first-order valence-electron chi connectivity index (χ1n) is 13.6. The van der Waals surface area contributed by atoms with Crippen molar-refractivity contribution in [2.45, 2.75) is 51.0 Å². The quantitative estimate of drug-likeness (QED) is 0.320. The topological polar surface area (TPSA) is 82.5 Å². The van der Waals surface area contributed by atoms with Crippen molar-refractivity contribution in [1.82, 2.24) is 9.88 Å². The number of nitrogens with one attached hydrogen (secondary N) is 1. The summed E-state index contributed by atoms with van der Waals surface area (Å²) in [6, 6.07) is 18.3. The van der Waals surface area contributed by atoms with Crippen molar-refractivity contribution in [3.63, 3.8) is 0 Å². The number of urea groups is 1. The highest BCUT2D eigenvalue weighted by molar-refractivity contribution is 7.22. The van der Waals surface area contributed by atoms with Crippen LogP contribution in [0.2, 0.25) is 0 Å². The summed E-state index contributed by atoms with van der Waals surface area (Å²) in [5.74, 6) is -0.0391. The lowest BCUT2D eigenvalue weighted by molar-refractivity contribution is -0.143. The number of carboxylic acids is 1. The Morgan fingerprint density at radius 2 is 1.74 bits per heavy atom. The van der Waals surface area contributed by atoms with Crippen LogP contribution in [0.25, 0.3) is 10.2 Å². The van der Waals surface area contributed by atoms with E-state index in [1.807, 2.05) is 35.2 Å². The monoisotopic (exact) mass is 529 g/mol. The summed E-state index contributed by atoms with van der Waals surface area (Å²) in [4.78, 5) is 31.8. The fourth-order valence-corrected chi connectivity index (χ4v) is 6.82. The van der Waals surface area contributed by atoms with Gasteiger partial charge in [0.2, 0.25) is 0 Å². The van der Waals surface area contributed by atoms with E-state index in [1.54, 1.807) is 0 Å². The second-order valence-electron chi connectivity index (χ2n) is 10.5. The summed E-state index contributed by atoms with van der Waals surface area (Å²) >= 11 is 1.47. The van der Waals surface area contributed by atoms with Crippen molar-refractivity contribution in [3.8, 4) is 0 Å². The molecule has 2 aliphatic rings. The number of aromatic nitrogens is 1. The number of nitrogens with zero attached hydrogens (tertiary/aromatic N) is 2. The van der Waals surface area contributed by atoms with Gasteiger partial charge < -0.3 is 10.0 Å². The van der Waals surface area contributed by atoms with E-state index in [9.17, 15) is 14.7 Å². The van der Waals surface area contributed by atoms with Gasteiger partial charge in [-0.05, 0) is 67.6 Å². The molecule has 2 aromatic carbocycles. The number of rotatable bonds is 8. The van der Waals surface area contributed by atoms with Crippen molar-refractivity contribution in [1.29, 1.82) is 0 Å². The Bertz CT molecular complexity index is 1280. The van der Waals surface area contributed by atoms with E-state index in [-0.39, 0.29) is 23.9 Å². The molecule has 0 bridgehead atoms. The van der Waals surface area contributed by atoms with Crippen LogP contribution in [-0.2, 0) is 4.79 Å². The number of para-hydroxylation sites is 1. The molecule has 1 aromatic heterocycles. The largest absolute Gasteiger partial charge is 0.481 e. The third-order valence-corrected chi connectivity index (χ3v) is 9.05.